The third-order valence-electron chi connectivity index (χ3n) is 2.47. The van der Waals surface area contributed by atoms with Crippen molar-refractivity contribution in [1.29, 1.82) is 0 Å². The summed E-state index contributed by atoms with van der Waals surface area (Å²) in [5.74, 6) is -1.45. The van der Waals surface area contributed by atoms with E-state index in [1.165, 1.54) is 0 Å². The Hall–Kier alpha value is -1.10. The van der Waals surface area contributed by atoms with Crippen LogP contribution in [0.4, 0.5) is 8.78 Å². The molecule has 1 aromatic rings. The smallest absolute Gasteiger partial charge is 0.125 e. The molecule has 0 aromatic heterocycles. The van der Waals surface area contributed by atoms with Crippen LogP contribution in [0, 0.1) is 11.6 Å². The summed E-state index contributed by atoms with van der Waals surface area (Å²) in [4.78, 5) is 0. The Kier molecular flexibility index (Phi) is 3.44. The van der Waals surface area contributed by atoms with Crippen molar-refractivity contribution in [2.24, 2.45) is 0 Å². The first-order chi connectivity index (χ1) is 7.66. The molecule has 2 nitrogen and oxygen atoms in total. The summed E-state index contributed by atoms with van der Waals surface area (Å²) in [6.07, 6.45) is 1.58. The van der Waals surface area contributed by atoms with E-state index in [0.717, 1.165) is 25.0 Å². The molecule has 2 radical (unpaired) electrons. The lowest BCUT2D eigenvalue weighted by atomic mass is 9.95. The molecule has 0 N–H and O–H groups in total. The second-order valence-corrected chi connectivity index (χ2v) is 3.76. The zero-order chi connectivity index (χ0) is 11.5. The fourth-order valence-electron chi connectivity index (χ4n) is 1.63. The van der Waals surface area contributed by atoms with Crippen molar-refractivity contribution in [3.05, 3.63) is 23.8 Å². The lowest BCUT2D eigenvalue weighted by molar-refractivity contribution is 0.00721. The SMILES string of the molecule is [B]c1c(F)cc(OC2CCCOC2)cc1F. The molecule has 1 heterocycles. The standard InChI is InChI=1S/C11H11BF2O2/c12-11-9(13)4-8(5-10(11)14)16-7-2-1-3-15-6-7/h4-5,7H,1-3,6H2. The van der Waals surface area contributed by atoms with Gasteiger partial charge in [-0.15, -0.1) is 0 Å². The van der Waals surface area contributed by atoms with Crippen LogP contribution in [0.5, 0.6) is 5.75 Å². The quantitative estimate of drug-likeness (QED) is 0.705. The van der Waals surface area contributed by atoms with E-state index in [2.05, 4.69) is 0 Å². The molecule has 1 fully saturated rings. The number of hydrogen-bond donors (Lipinski definition) is 0. The van der Waals surface area contributed by atoms with E-state index in [1.807, 2.05) is 0 Å². The molecule has 0 saturated carbocycles. The van der Waals surface area contributed by atoms with Crippen LogP contribution in [-0.2, 0) is 4.74 Å². The van der Waals surface area contributed by atoms with Crippen LogP contribution in [0.25, 0.3) is 0 Å². The normalized spacial score (nSPS) is 20.8. The van der Waals surface area contributed by atoms with Gasteiger partial charge < -0.3 is 9.47 Å². The Labute approximate surface area is 94.0 Å². The molecule has 0 aliphatic carbocycles. The fourth-order valence-corrected chi connectivity index (χ4v) is 1.63. The van der Waals surface area contributed by atoms with E-state index in [-0.39, 0.29) is 11.9 Å². The van der Waals surface area contributed by atoms with Crippen LogP contribution >= 0.6 is 0 Å². The first kappa shape index (κ1) is 11.4. The van der Waals surface area contributed by atoms with Gasteiger partial charge in [0.2, 0.25) is 0 Å². The van der Waals surface area contributed by atoms with E-state index >= 15 is 0 Å². The number of rotatable bonds is 2. The number of benzene rings is 1. The fraction of sp³-hybridized carbons (Fsp3) is 0.455. The summed E-state index contributed by atoms with van der Waals surface area (Å²) in [6, 6.07) is 2.18. The van der Waals surface area contributed by atoms with Gasteiger partial charge in [-0.25, -0.2) is 8.78 Å². The van der Waals surface area contributed by atoms with Gasteiger partial charge in [0, 0.05) is 18.7 Å². The highest BCUT2D eigenvalue weighted by atomic mass is 19.1. The number of halogens is 2. The molecule has 1 unspecified atom stereocenters. The third-order valence-corrected chi connectivity index (χ3v) is 2.47. The average molecular weight is 224 g/mol. The van der Waals surface area contributed by atoms with Crippen LogP contribution in [-0.4, -0.2) is 27.2 Å². The van der Waals surface area contributed by atoms with Gasteiger partial charge in [-0.3, -0.25) is 0 Å². The first-order valence-electron chi connectivity index (χ1n) is 5.16. The van der Waals surface area contributed by atoms with Crippen molar-refractivity contribution in [3.8, 4) is 5.75 Å². The highest BCUT2D eigenvalue weighted by Crippen LogP contribution is 2.18. The van der Waals surface area contributed by atoms with Crippen LogP contribution in [0.3, 0.4) is 0 Å². The Morgan fingerprint density at radius 1 is 1.31 bits per heavy atom. The van der Waals surface area contributed by atoms with Gasteiger partial charge in [-0.2, -0.15) is 0 Å². The summed E-state index contributed by atoms with van der Waals surface area (Å²) in [6.45, 7) is 1.16. The Morgan fingerprint density at radius 2 is 2.00 bits per heavy atom. The third kappa shape index (κ3) is 2.53. The average Bonchev–Trinajstić information content (AvgIpc) is 2.27. The van der Waals surface area contributed by atoms with Gasteiger partial charge >= 0.3 is 0 Å². The summed E-state index contributed by atoms with van der Waals surface area (Å²) in [5, 5.41) is 0. The Morgan fingerprint density at radius 3 is 2.56 bits per heavy atom. The van der Waals surface area contributed by atoms with Crippen molar-refractivity contribution >= 4 is 13.3 Å². The summed E-state index contributed by atoms with van der Waals surface area (Å²) in [7, 11) is 5.15. The molecule has 1 atom stereocenters. The van der Waals surface area contributed by atoms with E-state index in [0.29, 0.717) is 13.2 Å². The minimum atomic E-state index is -0.799. The Balaban J connectivity index is 2.09. The monoisotopic (exact) mass is 224 g/mol. The maximum atomic E-state index is 13.1. The molecule has 1 saturated heterocycles. The zero-order valence-electron chi connectivity index (χ0n) is 8.71. The van der Waals surface area contributed by atoms with Gasteiger partial charge in [-0.1, -0.05) is 0 Å². The maximum Gasteiger partial charge on any atom is 0.125 e. The number of ether oxygens (including phenoxy) is 2. The second kappa shape index (κ2) is 4.83. The highest BCUT2D eigenvalue weighted by molar-refractivity contribution is 6.32. The minimum absolute atomic E-state index is 0.142. The molecule has 1 aliphatic rings. The zero-order valence-corrected chi connectivity index (χ0v) is 8.71. The van der Waals surface area contributed by atoms with Crippen molar-refractivity contribution in [1.82, 2.24) is 0 Å². The molecule has 1 aliphatic heterocycles. The van der Waals surface area contributed by atoms with Crippen LogP contribution in [0.2, 0.25) is 0 Å². The predicted octanol–water partition coefficient (Wildman–Crippen LogP) is 1.32. The summed E-state index contributed by atoms with van der Waals surface area (Å²) >= 11 is 0. The molecule has 84 valence electrons. The van der Waals surface area contributed by atoms with Crippen LogP contribution < -0.4 is 10.2 Å². The molecule has 0 amide bonds. The number of hydrogen-bond acceptors (Lipinski definition) is 2. The van der Waals surface area contributed by atoms with E-state index < -0.39 is 17.1 Å². The molecule has 0 bridgehead atoms. The highest BCUT2D eigenvalue weighted by Gasteiger charge is 2.16. The van der Waals surface area contributed by atoms with E-state index in [1.54, 1.807) is 0 Å². The Bertz CT molecular complexity index is 355. The van der Waals surface area contributed by atoms with Crippen molar-refractivity contribution in [3.63, 3.8) is 0 Å². The van der Waals surface area contributed by atoms with E-state index in [4.69, 9.17) is 17.3 Å². The van der Waals surface area contributed by atoms with Crippen molar-refractivity contribution in [2.45, 2.75) is 18.9 Å². The van der Waals surface area contributed by atoms with Crippen molar-refractivity contribution < 1.29 is 18.3 Å². The molecule has 1 aromatic carbocycles. The van der Waals surface area contributed by atoms with E-state index in [9.17, 15) is 8.78 Å². The lowest BCUT2D eigenvalue weighted by Gasteiger charge is -2.23. The topological polar surface area (TPSA) is 18.5 Å². The summed E-state index contributed by atoms with van der Waals surface area (Å²) in [5.41, 5.74) is -0.479. The van der Waals surface area contributed by atoms with Crippen LogP contribution in [0.1, 0.15) is 12.8 Å². The second-order valence-electron chi connectivity index (χ2n) is 3.76. The molecule has 16 heavy (non-hydrogen) atoms. The maximum absolute atomic E-state index is 13.1. The van der Waals surface area contributed by atoms with Crippen molar-refractivity contribution in [2.75, 3.05) is 13.2 Å². The van der Waals surface area contributed by atoms with Gasteiger partial charge in [0.25, 0.3) is 0 Å². The first-order valence-corrected chi connectivity index (χ1v) is 5.16. The molecule has 0 spiro atoms. The van der Waals surface area contributed by atoms with Gasteiger partial charge in [-0.05, 0) is 18.3 Å². The van der Waals surface area contributed by atoms with Gasteiger partial charge in [0.1, 0.15) is 31.3 Å². The molecule has 2 rings (SSSR count). The molecular weight excluding hydrogens is 213 g/mol. The molecule has 5 heteroatoms. The van der Waals surface area contributed by atoms with Gasteiger partial charge in [0.15, 0.2) is 0 Å². The minimum Gasteiger partial charge on any atom is -0.488 e. The lowest BCUT2D eigenvalue weighted by Crippen LogP contribution is -2.28. The largest absolute Gasteiger partial charge is 0.488 e. The molecular formula is C11H11BF2O2. The predicted molar refractivity (Wildman–Crippen MR) is 56.2 cm³/mol. The van der Waals surface area contributed by atoms with Crippen LogP contribution in [0.15, 0.2) is 12.1 Å². The summed E-state index contributed by atoms with van der Waals surface area (Å²) < 4.78 is 36.8. The van der Waals surface area contributed by atoms with Gasteiger partial charge in [0.05, 0.1) is 6.61 Å².